The number of piperidine rings is 1. The lowest BCUT2D eigenvalue weighted by Gasteiger charge is -2.41. The Kier molecular flexibility index (Phi) is 4.26. The zero-order valence-corrected chi connectivity index (χ0v) is 12.5. The lowest BCUT2D eigenvalue weighted by molar-refractivity contribution is -0.137. The Balaban J connectivity index is 1.64. The molecule has 1 saturated heterocycles. The number of carbonyl (C=O) groups is 1. The van der Waals surface area contributed by atoms with E-state index < -0.39 is 0 Å². The van der Waals surface area contributed by atoms with Crippen LogP contribution in [0.1, 0.15) is 31.5 Å². The van der Waals surface area contributed by atoms with E-state index in [0.717, 1.165) is 30.2 Å². The highest BCUT2D eigenvalue weighted by Gasteiger charge is 2.37. The van der Waals surface area contributed by atoms with Crippen molar-refractivity contribution in [1.82, 2.24) is 19.9 Å². The molecule has 0 saturated carbocycles. The van der Waals surface area contributed by atoms with Crippen LogP contribution in [0.5, 0.6) is 0 Å². The van der Waals surface area contributed by atoms with Gasteiger partial charge in [0.05, 0.1) is 30.6 Å². The van der Waals surface area contributed by atoms with Gasteiger partial charge in [0.1, 0.15) is 0 Å². The first kappa shape index (κ1) is 13.9. The maximum atomic E-state index is 12.2. The van der Waals surface area contributed by atoms with Crippen LogP contribution in [0, 0.1) is 0 Å². The van der Waals surface area contributed by atoms with Gasteiger partial charge in [-0.25, -0.2) is 4.68 Å². The smallest absolute Gasteiger partial charge is 0.223 e. The van der Waals surface area contributed by atoms with Crippen molar-refractivity contribution < 1.29 is 9.53 Å². The number of nitrogens with zero attached hydrogens (tertiary/aromatic N) is 4. The first-order valence-electron chi connectivity index (χ1n) is 7.15. The molecule has 3 rings (SSSR count). The van der Waals surface area contributed by atoms with Gasteiger partial charge in [0.2, 0.25) is 5.91 Å². The minimum atomic E-state index is 0.123. The van der Waals surface area contributed by atoms with Crippen LogP contribution in [-0.4, -0.2) is 56.5 Å². The lowest BCUT2D eigenvalue weighted by atomic mass is 10.00. The second kappa shape index (κ2) is 6.13. The van der Waals surface area contributed by atoms with Crippen molar-refractivity contribution in [3.63, 3.8) is 0 Å². The molecule has 0 aromatic carbocycles. The fourth-order valence-electron chi connectivity index (χ4n) is 2.87. The number of hydrogen-bond acceptors (Lipinski definition) is 5. The largest absolute Gasteiger partial charge is 0.370 e. The van der Waals surface area contributed by atoms with Crippen molar-refractivity contribution in [3.8, 4) is 0 Å². The first-order valence-corrected chi connectivity index (χ1v) is 8.31. The molecule has 110 valence electrons. The van der Waals surface area contributed by atoms with Gasteiger partial charge in [-0.3, -0.25) is 4.79 Å². The van der Waals surface area contributed by atoms with Crippen LogP contribution in [0.25, 0.3) is 0 Å². The average Bonchev–Trinajstić information content (AvgIpc) is 2.95. The zero-order valence-electron chi connectivity index (χ0n) is 11.7. The quantitative estimate of drug-likeness (QED) is 0.779. The third-order valence-electron chi connectivity index (χ3n) is 3.95. The summed E-state index contributed by atoms with van der Waals surface area (Å²) in [6.07, 6.45) is 3.42. The summed E-state index contributed by atoms with van der Waals surface area (Å²) >= 11 is 1.81. The first-order chi connectivity index (χ1) is 9.79. The molecule has 0 aliphatic carbocycles. The summed E-state index contributed by atoms with van der Waals surface area (Å²) in [6, 6.07) is 0.123. The van der Waals surface area contributed by atoms with Crippen LogP contribution in [-0.2, 0) is 16.1 Å². The molecule has 3 heterocycles. The molecule has 7 heteroatoms. The van der Waals surface area contributed by atoms with Crippen molar-refractivity contribution in [2.75, 3.05) is 24.6 Å². The van der Waals surface area contributed by atoms with Crippen LogP contribution >= 0.6 is 11.8 Å². The van der Waals surface area contributed by atoms with E-state index in [0.29, 0.717) is 19.6 Å². The van der Waals surface area contributed by atoms with Crippen LogP contribution in [0.15, 0.2) is 6.20 Å². The fraction of sp³-hybridized carbons (Fsp3) is 0.769. The molecule has 0 spiro atoms. The highest BCUT2D eigenvalue weighted by Crippen LogP contribution is 2.30. The highest BCUT2D eigenvalue weighted by atomic mass is 32.2. The van der Waals surface area contributed by atoms with Gasteiger partial charge < -0.3 is 9.64 Å². The summed E-state index contributed by atoms with van der Waals surface area (Å²) in [7, 11) is 0. The Bertz CT molecular complexity index is 479. The Labute approximate surface area is 122 Å². The van der Waals surface area contributed by atoms with E-state index in [1.165, 1.54) is 0 Å². The van der Waals surface area contributed by atoms with E-state index in [1.807, 2.05) is 21.3 Å². The molecule has 2 aliphatic heterocycles. The van der Waals surface area contributed by atoms with E-state index in [4.69, 9.17) is 4.74 Å². The number of rotatable bonds is 4. The van der Waals surface area contributed by atoms with E-state index in [2.05, 4.69) is 17.2 Å². The van der Waals surface area contributed by atoms with Crippen molar-refractivity contribution in [2.24, 2.45) is 0 Å². The molecule has 2 atom stereocenters. The molecule has 0 N–H and O–H groups in total. The number of amides is 1. The van der Waals surface area contributed by atoms with E-state index in [-0.39, 0.29) is 18.1 Å². The average molecular weight is 296 g/mol. The Morgan fingerprint density at radius 1 is 1.60 bits per heavy atom. The van der Waals surface area contributed by atoms with Crippen LogP contribution < -0.4 is 0 Å². The topological polar surface area (TPSA) is 60.3 Å². The number of ether oxygens (including phenoxy) is 1. The molecule has 0 unspecified atom stereocenters. The van der Waals surface area contributed by atoms with Gasteiger partial charge in [0.15, 0.2) is 0 Å². The van der Waals surface area contributed by atoms with Crippen LogP contribution in [0.3, 0.4) is 0 Å². The van der Waals surface area contributed by atoms with E-state index in [9.17, 15) is 4.79 Å². The Morgan fingerprint density at radius 3 is 3.35 bits per heavy atom. The Hall–Kier alpha value is -1.08. The molecule has 1 aromatic heterocycles. The molecule has 2 aliphatic rings. The van der Waals surface area contributed by atoms with Gasteiger partial charge >= 0.3 is 0 Å². The van der Waals surface area contributed by atoms with Gasteiger partial charge in [-0.05, 0) is 12.2 Å². The summed E-state index contributed by atoms with van der Waals surface area (Å²) in [5, 5.41) is 8.11. The third-order valence-corrected chi connectivity index (χ3v) is 4.85. The van der Waals surface area contributed by atoms with Crippen LogP contribution in [0.2, 0.25) is 0 Å². The van der Waals surface area contributed by atoms with Gasteiger partial charge in [-0.1, -0.05) is 12.1 Å². The molecule has 1 fully saturated rings. The minimum Gasteiger partial charge on any atom is -0.370 e. The molecule has 6 nitrogen and oxygen atoms in total. The molecule has 0 bridgehead atoms. The number of aromatic nitrogens is 3. The second-order valence-corrected chi connectivity index (χ2v) is 6.56. The van der Waals surface area contributed by atoms with E-state index in [1.54, 1.807) is 6.20 Å². The minimum absolute atomic E-state index is 0.123. The van der Waals surface area contributed by atoms with Crippen molar-refractivity contribution in [3.05, 3.63) is 11.9 Å². The van der Waals surface area contributed by atoms with Crippen molar-refractivity contribution in [2.45, 2.75) is 38.5 Å². The predicted molar refractivity (Wildman–Crippen MR) is 76.4 cm³/mol. The summed E-state index contributed by atoms with van der Waals surface area (Å²) in [6.45, 7) is 4.18. The zero-order chi connectivity index (χ0) is 13.9. The SMILES string of the molecule is CCSCCC(=O)N1CC[C@H]2OCc3cnnn3[C@H]2C1. The van der Waals surface area contributed by atoms with Crippen molar-refractivity contribution in [1.29, 1.82) is 0 Å². The predicted octanol–water partition coefficient (Wildman–Crippen LogP) is 1.09. The van der Waals surface area contributed by atoms with Gasteiger partial charge in [-0.2, -0.15) is 11.8 Å². The van der Waals surface area contributed by atoms with Gasteiger partial charge in [0.25, 0.3) is 0 Å². The molecular formula is C13H20N4O2S. The lowest BCUT2D eigenvalue weighted by Crippen LogP contribution is -2.50. The number of thioether (sulfide) groups is 1. The molecule has 0 radical (unpaired) electrons. The molecule has 20 heavy (non-hydrogen) atoms. The normalized spacial score (nSPS) is 25.1. The summed E-state index contributed by atoms with van der Waals surface area (Å²) in [5.74, 6) is 2.22. The van der Waals surface area contributed by atoms with E-state index >= 15 is 0 Å². The molecular weight excluding hydrogens is 276 g/mol. The maximum Gasteiger partial charge on any atom is 0.223 e. The maximum absolute atomic E-state index is 12.2. The number of hydrogen-bond donors (Lipinski definition) is 0. The number of carbonyl (C=O) groups excluding carboxylic acids is 1. The fourth-order valence-corrected chi connectivity index (χ4v) is 3.48. The third kappa shape index (κ3) is 2.69. The molecule has 1 aromatic rings. The monoisotopic (exact) mass is 296 g/mol. The van der Waals surface area contributed by atoms with Gasteiger partial charge in [0, 0.05) is 25.3 Å². The highest BCUT2D eigenvalue weighted by molar-refractivity contribution is 7.99. The van der Waals surface area contributed by atoms with Crippen molar-refractivity contribution >= 4 is 17.7 Å². The van der Waals surface area contributed by atoms with Crippen LogP contribution in [0.4, 0.5) is 0 Å². The Morgan fingerprint density at radius 2 is 2.50 bits per heavy atom. The second-order valence-electron chi connectivity index (χ2n) is 5.16. The summed E-state index contributed by atoms with van der Waals surface area (Å²) in [4.78, 5) is 14.2. The van der Waals surface area contributed by atoms with Gasteiger partial charge in [-0.15, -0.1) is 5.10 Å². The summed E-state index contributed by atoms with van der Waals surface area (Å²) < 4.78 is 7.79. The molecule has 1 amide bonds. The number of fused-ring (bicyclic) bond motifs is 3. The number of likely N-dealkylation sites (tertiary alicyclic amines) is 1. The standard InChI is InChI=1S/C13H20N4O2S/c1-2-20-6-4-13(18)16-5-3-12-11(8-16)17-10(9-19-12)7-14-15-17/h7,11-12H,2-6,8-9H2,1H3/t11-,12+/m0/s1. The summed E-state index contributed by atoms with van der Waals surface area (Å²) in [5.41, 5.74) is 1.00.